The summed E-state index contributed by atoms with van der Waals surface area (Å²) in [5.41, 5.74) is 1.01. The van der Waals surface area contributed by atoms with Gasteiger partial charge in [-0.1, -0.05) is 45.2 Å². The van der Waals surface area contributed by atoms with Gasteiger partial charge in [-0.15, -0.1) is 0 Å². The summed E-state index contributed by atoms with van der Waals surface area (Å²) >= 11 is 0. The normalized spacial score (nSPS) is 12.7. The molecule has 108 valence electrons. The molecule has 0 heterocycles. The first kappa shape index (κ1) is 15.9. The lowest BCUT2D eigenvalue weighted by atomic mass is 10.00. The van der Waals surface area contributed by atoms with Gasteiger partial charge in [-0.05, 0) is 30.7 Å². The van der Waals surface area contributed by atoms with Crippen molar-refractivity contribution < 1.29 is 13.5 Å². The molecular weight excluding hydrogens is 248 g/mol. The van der Waals surface area contributed by atoms with Crippen LogP contribution in [0.15, 0.2) is 24.3 Å². The fraction of sp³-hybridized carbons (Fsp3) is 0.600. The van der Waals surface area contributed by atoms with Crippen LogP contribution in [0.3, 0.4) is 0 Å². The van der Waals surface area contributed by atoms with Crippen LogP contribution < -0.4 is 10.1 Å². The van der Waals surface area contributed by atoms with Crippen LogP contribution in [0.1, 0.15) is 51.1 Å². The SMILES string of the molecule is CCCCCC(NCC)c1cccc(OC(F)F)c1. The molecule has 0 spiro atoms. The molecule has 1 aromatic carbocycles. The third-order valence-electron chi connectivity index (χ3n) is 3.03. The zero-order valence-electron chi connectivity index (χ0n) is 11.7. The van der Waals surface area contributed by atoms with Crippen LogP contribution in [0, 0.1) is 0 Å². The van der Waals surface area contributed by atoms with Gasteiger partial charge in [0, 0.05) is 6.04 Å². The molecule has 0 aliphatic heterocycles. The summed E-state index contributed by atoms with van der Waals surface area (Å²) in [7, 11) is 0. The largest absolute Gasteiger partial charge is 0.435 e. The molecule has 0 aliphatic carbocycles. The second-order valence-corrected chi connectivity index (χ2v) is 4.56. The van der Waals surface area contributed by atoms with E-state index in [4.69, 9.17) is 0 Å². The van der Waals surface area contributed by atoms with Crippen LogP contribution in [0.25, 0.3) is 0 Å². The number of benzene rings is 1. The molecule has 2 nitrogen and oxygen atoms in total. The molecule has 0 aliphatic rings. The number of unbranched alkanes of at least 4 members (excludes halogenated alkanes) is 2. The number of nitrogens with one attached hydrogen (secondary N) is 1. The molecule has 0 bridgehead atoms. The first-order valence-corrected chi connectivity index (χ1v) is 6.95. The molecule has 1 unspecified atom stereocenters. The maximum atomic E-state index is 12.2. The highest BCUT2D eigenvalue weighted by atomic mass is 19.3. The van der Waals surface area contributed by atoms with Gasteiger partial charge in [0.05, 0.1) is 0 Å². The van der Waals surface area contributed by atoms with E-state index in [1.807, 2.05) is 13.0 Å². The van der Waals surface area contributed by atoms with Gasteiger partial charge in [0.2, 0.25) is 0 Å². The van der Waals surface area contributed by atoms with E-state index in [9.17, 15) is 8.78 Å². The van der Waals surface area contributed by atoms with Crippen molar-refractivity contribution in [2.24, 2.45) is 0 Å². The quantitative estimate of drug-likeness (QED) is 0.667. The molecule has 1 aromatic rings. The van der Waals surface area contributed by atoms with E-state index in [2.05, 4.69) is 17.0 Å². The summed E-state index contributed by atoms with van der Waals surface area (Å²) in [5, 5.41) is 3.40. The first-order valence-electron chi connectivity index (χ1n) is 6.95. The molecule has 1 N–H and O–H groups in total. The zero-order valence-corrected chi connectivity index (χ0v) is 11.7. The van der Waals surface area contributed by atoms with Gasteiger partial charge < -0.3 is 10.1 Å². The average Bonchev–Trinajstić information content (AvgIpc) is 2.37. The summed E-state index contributed by atoms with van der Waals surface area (Å²) < 4.78 is 28.9. The molecule has 0 fully saturated rings. The average molecular weight is 271 g/mol. The Bertz CT molecular complexity index is 358. The van der Waals surface area contributed by atoms with Crippen molar-refractivity contribution in [2.45, 2.75) is 52.2 Å². The molecular formula is C15H23F2NO. The minimum absolute atomic E-state index is 0.206. The highest BCUT2D eigenvalue weighted by Crippen LogP contribution is 2.24. The Balaban J connectivity index is 2.71. The first-order chi connectivity index (χ1) is 9.17. The predicted octanol–water partition coefficient (Wildman–Crippen LogP) is 4.52. The Labute approximate surface area is 114 Å². The maximum absolute atomic E-state index is 12.2. The Hall–Kier alpha value is -1.16. The standard InChI is InChI=1S/C15H23F2NO/c1-3-5-6-10-14(18-4-2)12-8-7-9-13(11-12)19-15(16)17/h7-9,11,14-15,18H,3-6,10H2,1-2H3. The molecule has 0 saturated carbocycles. The zero-order chi connectivity index (χ0) is 14.1. The minimum Gasteiger partial charge on any atom is -0.435 e. The van der Waals surface area contributed by atoms with E-state index in [1.54, 1.807) is 18.2 Å². The highest BCUT2D eigenvalue weighted by molar-refractivity contribution is 5.30. The Morgan fingerprint density at radius 2 is 2.00 bits per heavy atom. The molecule has 1 rings (SSSR count). The van der Waals surface area contributed by atoms with Crippen LogP contribution >= 0.6 is 0 Å². The summed E-state index contributed by atoms with van der Waals surface area (Å²) in [6.07, 6.45) is 4.51. The van der Waals surface area contributed by atoms with Gasteiger partial charge in [0.25, 0.3) is 0 Å². The summed E-state index contributed by atoms with van der Waals surface area (Å²) in [6.45, 7) is 2.30. The van der Waals surface area contributed by atoms with Gasteiger partial charge in [0.15, 0.2) is 0 Å². The predicted molar refractivity (Wildman–Crippen MR) is 73.6 cm³/mol. The lowest BCUT2D eigenvalue weighted by Gasteiger charge is -2.19. The number of rotatable bonds is 9. The summed E-state index contributed by atoms with van der Waals surface area (Å²) in [5.74, 6) is 0.228. The molecule has 0 amide bonds. The van der Waals surface area contributed by atoms with Crippen molar-refractivity contribution in [1.82, 2.24) is 5.32 Å². The Kier molecular flexibility index (Phi) is 7.41. The van der Waals surface area contributed by atoms with Gasteiger partial charge in [0.1, 0.15) is 5.75 Å². The fourth-order valence-electron chi connectivity index (χ4n) is 2.14. The van der Waals surface area contributed by atoms with Crippen molar-refractivity contribution >= 4 is 0 Å². The summed E-state index contributed by atoms with van der Waals surface area (Å²) in [4.78, 5) is 0. The van der Waals surface area contributed by atoms with E-state index in [0.717, 1.165) is 24.9 Å². The van der Waals surface area contributed by atoms with E-state index < -0.39 is 6.61 Å². The van der Waals surface area contributed by atoms with Crippen molar-refractivity contribution in [3.05, 3.63) is 29.8 Å². The monoisotopic (exact) mass is 271 g/mol. The van der Waals surface area contributed by atoms with Gasteiger partial charge in [-0.3, -0.25) is 0 Å². The number of ether oxygens (including phenoxy) is 1. The van der Waals surface area contributed by atoms with E-state index >= 15 is 0 Å². The van der Waals surface area contributed by atoms with Crippen LogP contribution in [0.2, 0.25) is 0 Å². The van der Waals surface area contributed by atoms with Crippen LogP contribution in [-0.2, 0) is 0 Å². The molecule has 4 heteroatoms. The Morgan fingerprint density at radius 1 is 1.21 bits per heavy atom. The third kappa shape index (κ3) is 6.01. The summed E-state index contributed by atoms with van der Waals surface area (Å²) in [6, 6.07) is 7.18. The van der Waals surface area contributed by atoms with Gasteiger partial charge in [-0.2, -0.15) is 8.78 Å². The number of alkyl halides is 2. The van der Waals surface area contributed by atoms with Crippen LogP contribution in [0.4, 0.5) is 8.78 Å². The molecule has 1 atom stereocenters. The van der Waals surface area contributed by atoms with E-state index in [-0.39, 0.29) is 11.8 Å². The molecule has 0 aromatic heterocycles. The lowest BCUT2D eigenvalue weighted by Crippen LogP contribution is -2.21. The number of halogens is 2. The molecule has 0 radical (unpaired) electrons. The third-order valence-corrected chi connectivity index (χ3v) is 3.03. The van der Waals surface area contributed by atoms with E-state index in [0.29, 0.717) is 0 Å². The molecule has 0 saturated heterocycles. The lowest BCUT2D eigenvalue weighted by molar-refractivity contribution is -0.0499. The van der Waals surface area contributed by atoms with Crippen LogP contribution in [-0.4, -0.2) is 13.2 Å². The van der Waals surface area contributed by atoms with Crippen LogP contribution in [0.5, 0.6) is 5.75 Å². The fourth-order valence-corrected chi connectivity index (χ4v) is 2.14. The van der Waals surface area contributed by atoms with Crippen molar-refractivity contribution in [3.8, 4) is 5.75 Å². The van der Waals surface area contributed by atoms with Crippen molar-refractivity contribution in [3.63, 3.8) is 0 Å². The van der Waals surface area contributed by atoms with E-state index in [1.165, 1.54) is 12.8 Å². The topological polar surface area (TPSA) is 21.3 Å². The minimum atomic E-state index is -2.77. The van der Waals surface area contributed by atoms with Gasteiger partial charge >= 0.3 is 6.61 Å². The maximum Gasteiger partial charge on any atom is 0.387 e. The van der Waals surface area contributed by atoms with Gasteiger partial charge in [-0.25, -0.2) is 0 Å². The Morgan fingerprint density at radius 3 is 2.63 bits per heavy atom. The number of hydrogen-bond donors (Lipinski definition) is 1. The van der Waals surface area contributed by atoms with Crippen molar-refractivity contribution in [1.29, 1.82) is 0 Å². The van der Waals surface area contributed by atoms with Crippen molar-refractivity contribution in [2.75, 3.05) is 6.54 Å². The smallest absolute Gasteiger partial charge is 0.387 e. The molecule has 19 heavy (non-hydrogen) atoms. The highest BCUT2D eigenvalue weighted by Gasteiger charge is 2.12. The second kappa shape index (κ2) is 8.86. The second-order valence-electron chi connectivity index (χ2n) is 4.56. The number of hydrogen-bond acceptors (Lipinski definition) is 2.